The summed E-state index contributed by atoms with van der Waals surface area (Å²) >= 11 is 0. The molecule has 0 aromatic rings. The van der Waals surface area contributed by atoms with Gasteiger partial charge in [-0.3, -0.25) is 9.35 Å². The lowest BCUT2D eigenvalue weighted by Gasteiger charge is -2.41. The second-order valence-electron chi connectivity index (χ2n) is 18.5. The molecular formula is C55H98O12S. The molecule has 0 amide bonds. The predicted octanol–water partition coefficient (Wildman–Crippen LogP) is 12.9. The number of hydrogen-bond acceptors (Lipinski definition) is 11. The minimum absolute atomic E-state index is 0.0258. The summed E-state index contributed by atoms with van der Waals surface area (Å²) < 4.78 is 59.3. The number of allylic oxidation sites excluding steroid dienone is 10. The molecule has 4 N–H and O–H groups in total. The largest absolute Gasteiger partial charge is 0.457 e. The summed E-state index contributed by atoms with van der Waals surface area (Å²) in [6.07, 6.45) is 49.6. The third kappa shape index (κ3) is 38.5. The van der Waals surface area contributed by atoms with Crippen molar-refractivity contribution in [1.82, 2.24) is 0 Å². The molecule has 0 aromatic heterocycles. The molecule has 396 valence electrons. The molecule has 13 heteroatoms. The lowest BCUT2D eigenvalue weighted by molar-refractivity contribution is -0.301. The molecular weight excluding hydrogens is 885 g/mol. The summed E-state index contributed by atoms with van der Waals surface area (Å²) in [5, 5.41) is 30.8. The van der Waals surface area contributed by atoms with Crippen molar-refractivity contribution >= 4 is 16.4 Å². The maximum Gasteiger partial charge on any atom is 0.397 e. The van der Waals surface area contributed by atoms with Crippen LogP contribution in [0.3, 0.4) is 0 Å². The quantitative estimate of drug-likeness (QED) is 0.0197. The standard InChI is InChI=1S/C55H98O12S/c1-3-5-7-9-11-13-15-17-19-21-23-25-26-28-30-32-34-36-38-40-42-44-51(57)65-49(48-64-55-53(59)54(67-68(60,61)62)52(58)50(46-56)66-55)47-63-45-43-41-39-37-35-33-31-29-27-24-22-20-18-16-14-12-10-8-6-4-2/h12,14-15,17-18,20-21,23-24,27,49-50,52-56,58-59H,3-11,13,16,19,22,25-26,28-48H2,1-2H3,(H,60,61,62)/b14-12-,17-15-,20-18-,23-21-,27-24-. The molecule has 0 aromatic carbocycles. The van der Waals surface area contributed by atoms with E-state index in [4.69, 9.17) is 18.9 Å². The summed E-state index contributed by atoms with van der Waals surface area (Å²) in [7, 11) is -5.07. The Labute approximate surface area is 414 Å². The van der Waals surface area contributed by atoms with Gasteiger partial charge in [-0.15, -0.1) is 0 Å². The van der Waals surface area contributed by atoms with Crippen molar-refractivity contribution in [3.63, 3.8) is 0 Å². The number of ether oxygens (including phenoxy) is 4. The third-order valence-electron chi connectivity index (χ3n) is 12.1. The predicted molar refractivity (Wildman–Crippen MR) is 276 cm³/mol. The Kier molecular flexibility index (Phi) is 43.1. The van der Waals surface area contributed by atoms with Crippen LogP contribution >= 0.6 is 0 Å². The monoisotopic (exact) mass is 983 g/mol. The highest BCUT2D eigenvalue weighted by Gasteiger charge is 2.48. The van der Waals surface area contributed by atoms with Crippen LogP contribution in [0, 0.1) is 0 Å². The van der Waals surface area contributed by atoms with Crippen LogP contribution in [0.5, 0.6) is 0 Å². The van der Waals surface area contributed by atoms with Gasteiger partial charge in [0.05, 0.1) is 19.8 Å². The average Bonchev–Trinajstić information content (AvgIpc) is 3.31. The second kappa shape index (κ2) is 45.9. The van der Waals surface area contributed by atoms with Gasteiger partial charge in [0.2, 0.25) is 0 Å². The van der Waals surface area contributed by atoms with Crippen LogP contribution in [-0.4, -0.2) is 97.5 Å². The van der Waals surface area contributed by atoms with E-state index in [0.717, 1.165) is 77.0 Å². The molecule has 68 heavy (non-hydrogen) atoms. The fourth-order valence-corrected chi connectivity index (χ4v) is 8.51. The SMILES string of the molecule is CCCCC/C=C\C/C=C\C/C=C\CCCCCCCCCOCC(COC1OC(CO)C(O)C(OS(=O)(=O)O)C1O)OC(=O)CCCCCCCCCCC/C=C\C/C=C\CCCCCCC. The molecule has 0 radical (unpaired) electrons. The van der Waals surface area contributed by atoms with Gasteiger partial charge >= 0.3 is 16.4 Å². The number of hydrogen-bond donors (Lipinski definition) is 4. The van der Waals surface area contributed by atoms with E-state index in [9.17, 15) is 33.1 Å². The molecule has 0 bridgehead atoms. The van der Waals surface area contributed by atoms with Crippen LogP contribution in [0.15, 0.2) is 60.8 Å². The third-order valence-corrected chi connectivity index (χ3v) is 12.6. The maximum absolute atomic E-state index is 12.9. The Morgan fingerprint density at radius 1 is 0.559 bits per heavy atom. The normalized spacial score (nSPS) is 19.8. The minimum atomic E-state index is -5.07. The van der Waals surface area contributed by atoms with Crippen LogP contribution in [0.2, 0.25) is 0 Å². The molecule has 0 saturated carbocycles. The number of unbranched alkanes of at least 4 members (excludes halogenated alkanes) is 24. The van der Waals surface area contributed by atoms with E-state index in [1.54, 1.807) is 0 Å². The fourth-order valence-electron chi connectivity index (χ4n) is 8.00. The van der Waals surface area contributed by atoms with Crippen LogP contribution in [0.1, 0.15) is 219 Å². The molecule has 1 rings (SSSR count). The number of esters is 1. The van der Waals surface area contributed by atoms with Crippen molar-refractivity contribution in [2.24, 2.45) is 0 Å². The van der Waals surface area contributed by atoms with Crippen molar-refractivity contribution in [1.29, 1.82) is 0 Å². The van der Waals surface area contributed by atoms with Gasteiger partial charge in [-0.05, 0) is 83.5 Å². The zero-order valence-corrected chi connectivity index (χ0v) is 43.5. The van der Waals surface area contributed by atoms with E-state index >= 15 is 0 Å². The Hall–Kier alpha value is -2.20. The fraction of sp³-hybridized carbons (Fsp3) is 0.800. The Balaban J connectivity index is 2.36. The van der Waals surface area contributed by atoms with Crippen LogP contribution in [0.4, 0.5) is 0 Å². The van der Waals surface area contributed by atoms with Crippen molar-refractivity contribution in [3.8, 4) is 0 Å². The number of aliphatic hydroxyl groups excluding tert-OH is 3. The number of carbonyl (C=O) groups excluding carboxylic acids is 1. The first-order chi connectivity index (χ1) is 33.1. The van der Waals surface area contributed by atoms with Crippen LogP contribution in [-0.2, 0) is 38.3 Å². The molecule has 6 atom stereocenters. The van der Waals surface area contributed by atoms with Gasteiger partial charge in [-0.25, -0.2) is 4.18 Å². The number of carbonyl (C=O) groups is 1. The minimum Gasteiger partial charge on any atom is -0.457 e. The Bertz CT molecular complexity index is 1410. The van der Waals surface area contributed by atoms with E-state index in [1.165, 1.54) is 116 Å². The van der Waals surface area contributed by atoms with Gasteiger partial charge in [0.25, 0.3) is 0 Å². The van der Waals surface area contributed by atoms with Crippen LogP contribution < -0.4 is 0 Å². The zero-order chi connectivity index (χ0) is 49.6. The topological polar surface area (TPSA) is 178 Å². The highest BCUT2D eigenvalue weighted by molar-refractivity contribution is 7.80. The molecule has 0 spiro atoms. The average molecular weight is 983 g/mol. The molecule has 1 aliphatic rings. The summed E-state index contributed by atoms with van der Waals surface area (Å²) in [4.78, 5) is 12.9. The van der Waals surface area contributed by atoms with Gasteiger partial charge < -0.3 is 34.3 Å². The lowest BCUT2D eigenvalue weighted by Crippen LogP contribution is -2.60. The van der Waals surface area contributed by atoms with Gasteiger partial charge in [0.15, 0.2) is 6.29 Å². The molecule has 1 saturated heterocycles. The first-order valence-corrected chi connectivity index (χ1v) is 28.4. The molecule has 12 nitrogen and oxygen atoms in total. The first-order valence-electron chi connectivity index (χ1n) is 27.0. The van der Waals surface area contributed by atoms with Crippen LogP contribution in [0.25, 0.3) is 0 Å². The highest BCUT2D eigenvalue weighted by atomic mass is 32.3. The van der Waals surface area contributed by atoms with E-state index < -0.39 is 59.8 Å². The Morgan fingerprint density at radius 3 is 1.44 bits per heavy atom. The molecule has 1 aliphatic heterocycles. The summed E-state index contributed by atoms with van der Waals surface area (Å²) in [5.41, 5.74) is 0. The lowest BCUT2D eigenvalue weighted by atomic mass is 9.99. The molecule has 6 unspecified atom stereocenters. The zero-order valence-electron chi connectivity index (χ0n) is 42.7. The van der Waals surface area contributed by atoms with Gasteiger partial charge in [0, 0.05) is 13.0 Å². The van der Waals surface area contributed by atoms with Gasteiger partial charge in [0.1, 0.15) is 30.5 Å². The first kappa shape index (κ1) is 63.8. The van der Waals surface area contributed by atoms with Crippen molar-refractivity contribution < 1.29 is 56.2 Å². The summed E-state index contributed by atoms with van der Waals surface area (Å²) in [6.45, 7) is 3.94. The van der Waals surface area contributed by atoms with E-state index in [1.807, 2.05) is 0 Å². The molecule has 1 heterocycles. The van der Waals surface area contributed by atoms with E-state index in [2.05, 4.69) is 78.8 Å². The molecule has 0 aliphatic carbocycles. The van der Waals surface area contributed by atoms with Crippen molar-refractivity contribution in [2.75, 3.05) is 26.4 Å². The summed E-state index contributed by atoms with van der Waals surface area (Å²) in [5.74, 6) is -0.407. The highest BCUT2D eigenvalue weighted by Crippen LogP contribution is 2.26. The van der Waals surface area contributed by atoms with Crippen molar-refractivity contribution in [3.05, 3.63) is 60.8 Å². The Morgan fingerprint density at radius 2 is 0.971 bits per heavy atom. The van der Waals surface area contributed by atoms with E-state index in [-0.39, 0.29) is 19.6 Å². The van der Waals surface area contributed by atoms with Gasteiger partial charge in [-0.2, -0.15) is 8.42 Å². The molecule has 1 fully saturated rings. The maximum atomic E-state index is 12.9. The number of rotatable bonds is 47. The van der Waals surface area contributed by atoms with E-state index in [0.29, 0.717) is 13.0 Å². The van der Waals surface area contributed by atoms with Crippen molar-refractivity contribution in [2.45, 2.75) is 256 Å². The second-order valence-corrected chi connectivity index (χ2v) is 19.5. The summed E-state index contributed by atoms with van der Waals surface area (Å²) in [6, 6.07) is 0. The smallest absolute Gasteiger partial charge is 0.397 e. The van der Waals surface area contributed by atoms with Gasteiger partial charge in [-0.1, -0.05) is 190 Å². The number of aliphatic hydroxyl groups is 3.